The number of benzene rings is 1. The Balaban J connectivity index is 1.57. The first-order chi connectivity index (χ1) is 15.9. The van der Waals surface area contributed by atoms with E-state index < -0.39 is 6.04 Å². The first kappa shape index (κ1) is 23.0. The van der Waals surface area contributed by atoms with Crippen molar-refractivity contribution in [1.82, 2.24) is 19.7 Å². The zero-order chi connectivity index (χ0) is 23.5. The van der Waals surface area contributed by atoms with Crippen LogP contribution in [0.15, 0.2) is 48.8 Å². The highest BCUT2D eigenvalue weighted by Gasteiger charge is 2.43. The molecule has 2 saturated heterocycles. The van der Waals surface area contributed by atoms with Gasteiger partial charge >= 0.3 is 0 Å². The van der Waals surface area contributed by atoms with E-state index in [0.717, 1.165) is 16.7 Å². The molecule has 0 aliphatic carbocycles. The fourth-order valence-corrected chi connectivity index (χ4v) is 4.88. The highest BCUT2D eigenvalue weighted by molar-refractivity contribution is 5.93. The van der Waals surface area contributed by atoms with E-state index in [2.05, 4.69) is 11.1 Å². The number of piperazine rings is 1. The Hall–Kier alpha value is -3.22. The Morgan fingerprint density at radius 3 is 2.58 bits per heavy atom. The van der Waals surface area contributed by atoms with Gasteiger partial charge in [-0.1, -0.05) is 30.3 Å². The molecule has 33 heavy (non-hydrogen) atoms. The van der Waals surface area contributed by atoms with Crippen LogP contribution in [0.5, 0.6) is 0 Å². The lowest BCUT2D eigenvalue weighted by Gasteiger charge is -2.41. The molecule has 0 saturated carbocycles. The molecular weight excluding hydrogens is 416 g/mol. The second-order valence-corrected chi connectivity index (χ2v) is 9.15. The summed E-state index contributed by atoms with van der Waals surface area (Å²) >= 11 is 0. The van der Waals surface area contributed by atoms with Gasteiger partial charge in [0.15, 0.2) is 0 Å². The number of carbonyl (C=O) groups is 3. The van der Waals surface area contributed by atoms with Crippen molar-refractivity contribution in [3.8, 4) is 11.1 Å². The van der Waals surface area contributed by atoms with Crippen LogP contribution in [0.25, 0.3) is 11.1 Å². The Morgan fingerprint density at radius 1 is 1.12 bits per heavy atom. The third-order valence-corrected chi connectivity index (χ3v) is 6.73. The van der Waals surface area contributed by atoms with Crippen molar-refractivity contribution in [2.45, 2.75) is 45.7 Å². The summed E-state index contributed by atoms with van der Waals surface area (Å²) in [5.41, 5.74) is 3.04. The van der Waals surface area contributed by atoms with E-state index in [0.29, 0.717) is 32.6 Å². The topological polar surface area (TPSA) is 73.8 Å². The third-order valence-electron chi connectivity index (χ3n) is 6.73. The van der Waals surface area contributed by atoms with E-state index in [9.17, 15) is 14.4 Å². The number of nitrogens with zero attached hydrogens (tertiary/aromatic N) is 4. The van der Waals surface area contributed by atoms with E-state index in [1.807, 2.05) is 62.2 Å². The second kappa shape index (κ2) is 9.73. The van der Waals surface area contributed by atoms with Crippen molar-refractivity contribution in [3.05, 3.63) is 54.4 Å². The molecule has 174 valence electrons. The monoisotopic (exact) mass is 448 g/mol. The van der Waals surface area contributed by atoms with Crippen LogP contribution in [-0.2, 0) is 20.8 Å². The Labute approximate surface area is 195 Å². The highest BCUT2D eigenvalue weighted by Crippen LogP contribution is 2.27. The van der Waals surface area contributed by atoms with E-state index in [4.69, 9.17) is 0 Å². The highest BCUT2D eigenvalue weighted by atomic mass is 16.2. The molecule has 2 fully saturated rings. The number of rotatable bonds is 6. The predicted octanol–water partition coefficient (Wildman–Crippen LogP) is 2.61. The standard InChI is InChI=1S/C26H32N4O3/c1-4-28-11-12-29(25(32)22-15-24(31)30(17-22)18(2)3)23(26(28)33)14-19-7-5-8-20(13-19)21-9-6-10-27-16-21/h5-10,13,16,18,22-23H,4,11-12,14-15,17H2,1-3H3. The Kier molecular flexibility index (Phi) is 6.77. The molecule has 1 aromatic carbocycles. The molecule has 7 heteroatoms. The summed E-state index contributed by atoms with van der Waals surface area (Å²) in [6, 6.07) is 11.5. The van der Waals surface area contributed by atoms with Gasteiger partial charge in [-0.3, -0.25) is 19.4 Å². The fraction of sp³-hybridized carbons (Fsp3) is 0.462. The van der Waals surface area contributed by atoms with Crippen LogP contribution < -0.4 is 0 Å². The lowest BCUT2D eigenvalue weighted by molar-refractivity contribution is -0.153. The number of carbonyl (C=O) groups excluding carboxylic acids is 3. The fourth-order valence-electron chi connectivity index (χ4n) is 4.88. The quantitative estimate of drug-likeness (QED) is 0.681. The molecular formula is C26H32N4O3. The van der Waals surface area contributed by atoms with Gasteiger partial charge in [0.05, 0.1) is 5.92 Å². The summed E-state index contributed by atoms with van der Waals surface area (Å²) in [7, 11) is 0. The van der Waals surface area contributed by atoms with Crippen molar-refractivity contribution >= 4 is 17.7 Å². The zero-order valence-electron chi connectivity index (χ0n) is 19.6. The minimum absolute atomic E-state index is 0.0163. The molecule has 0 bridgehead atoms. The van der Waals surface area contributed by atoms with Gasteiger partial charge in [0.1, 0.15) is 6.04 Å². The maximum atomic E-state index is 13.5. The summed E-state index contributed by atoms with van der Waals surface area (Å²) in [4.78, 5) is 48.7. The van der Waals surface area contributed by atoms with Gasteiger partial charge in [0.25, 0.3) is 0 Å². The predicted molar refractivity (Wildman–Crippen MR) is 126 cm³/mol. The van der Waals surface area contributed by atoms with E-state index in [1.165, 1.54) is 0 Å². The number of likely N-dealkylation sites (tertiary alicyclic amines) is 1. The minimum Gasteiger partial charge on any atom is -0.339 e. The number of aromatic nitrogens is 1. The van der Waals surface area contributed by atoms with Crippen LogP contribution in [-0.4, -0.2) is 75.7 Å². The molecule has 2 aromatic rings. The molecule has 2 aliphatic rings. The number of likely N-dealkylation sites (N-methyl/N-ethyl adjacent to an activating group) is 1. The summed E-state index contributed by atoms with van der Waals surface area (Å²) in [6.45, 7) is 7.97. The number of pyridine rings is 1. The molecule has 2 atom stereocenters. The largest absolute Gasteiger partial charge is 0.339 e. The van der Waals surface area contributed by atoms with Crippen molar-refractivity contribution in [1.29, 1.82) is 0 Å². The molecule has 3 heterocycles. The summed E-state index contributed by atoms with van der Waals surface area (Å²) in [5, 5.41) is 0. The first-order valence-corrected chi connectivity index (χ1v) is 11.8. The molecule has 3 amide bonds. The van der Waals surface area contributed by atoms with Crippen LogP contribution in [0.3, 0.4) is 0 Å². The van der Waals surface area contributed by atoms with E-state index in [1.54, 1.807) is 16.0 Å². The van der Waals surface area contributed by atoms with Crippen LogP contribution in [0.4, 0.5) is 0 Å². The van der Waals surface area contributed by atoms with Crippen LogP contribution in [0.2, 0.25) is 0 Å². The first-order valence-electron chi connectivity index (χ1n) is 11.8. The molecule has 0 spiro atoms. The van der Waals surface area contributed by atoms with Crippen molar-refractivity contribution in [2.75, 3.05) is 26.2 Å². The molecule has 0 N–H and O–H groups in total. The van der Waals surface area contributed by atoms with E-state index in [-0.39, 0.29) is 36.1 Å². The van der Waals surface area contributed by atoms with Crippen LogP contribution in [0, 0.1) is 5.92 Å². The third kappa shape index (κ3) is 4.77. The van der Waals surface area contributed by atoms with Crippen molar-refractivity contribution < 1.29 is 14.4 Å². The number of hydrogen-bond donors (Lipinski definition) is 0. The van der Waals surface area contributed by atoms with Gasteiger partial charge < -0.3 is 14.7 Å². The molecule has 7 nitrogen and oxygen atoms in total. The zero-order valence-corrected chi connectivity index (χ0v) is 19.6. The molecule has 2 unspecified atom stereocenters. The van der Waals surface area contributed by atoms with Crippen molar-refractivity contribution in [3.63, 3.8) is 0 Å². The van der Waals surface area contributed by atoms with Gasteiger partial charge in [-0.15, -0.1) is 0 Å². The smallest absolute Gasteiger partial charge is 0.245 e. The normalized spacial score (nSPS) is 21.3. The second-order valence-electron chi connectivity index (χ2n) is 9.15. The Morgan fingerprint density at radius 2 is 1.91 bits per heavy atom. The van der Waals surface area contributed by atoms with Gasteiger partial charge in [-0.05, 0) is 43.5 Å². The van der Waals surface area contributed by atoms with Gasteiger partial charge in [-0.2, -0.15) is 0 Å². The number of amides is 3. The van der Waals surface area contributed by atoms with Crippen LogP contribution in [0.1, 0.15) is 32.8 Å². The van der Waals surface area contributed by atoms with Crippen LogP contribution >= 0.6 is 0 Å². The van der Waals surface area contributed by atoms with Gasteiger partial charge in [0, 0.05) is 57.5 Å². The lowest BCUT2D eigenvalue weighted by Crippen LogP contribution is -2.60. The molecule has 0 radical (unpaired) electrons. The summed E-state index contributed by atoms with van der Waals surface area (Å²) in [6.07, 6.45) is 4.23. The van der Waals surface area contributed by atoms with Crippen molar-refractivity contribution in [2.24, 2.45) is 5.92 Å². The average molecular weight is 449 g/mol. The Bertz CT molecular complexity index is 1020. The lowest BCUT2D eigenvalue weighted by atomic mass is 9.96. The molecule has 4 rings (SSSR count). The molecule has 2 aliphatic heterocycles. The van der Waals surface area contributed by atoms with Gasteiger partial charge in [0.2, 0.25) is 17.7 Å². The minimum atomic E-state index is -0.557. The summed E-state index contributed by atoms with van der Waals surface area (Å²) in [5.74, 6) is -0.467. The number of hydrogen-bond acceptors (Lipinski definition) is 4. The van der Waals surface area contributed by atoms with E-state index >= 15 is 0 Å². The molecule has 1 aromatic heterocycles. The SMILES string of the molecule is CCN1CCN(C(=O)C2CC(=O)N(C(C)C)C2)C(Cc2cccc(-c3cccnc3)c2)C1=O. The maximum absolute atomic E-state index is 13.5. The summed E-state index contributed by atoms with van der Waals surface area (Å²) < 4.78 is 0. The average Bonchev–Trinajstić information content (AvgIpc) is 3.22. The van der Waals surface area contributed by atoms with Gasteiger partial charge in [-0.25, -0.2) is 0 Å². The maximum Gasteiger partial charge on any atom is 0.245 e.